The van der Waals surface area contributed by atoms with Crippen molar-refractivity contribution in [1.82, 2.24) is 5.32 Å². The summed E-state index contributed by atoms with van der Waals surface area (Å²) in [6.07, 6.45) is 9.76. The third-order valence-corrected chi connectivity index (χ3v) is 4.57. The van der Waals surface area contributed by atoms with Crippen molar-refractivity contribution in [3.8, 4) is 0 Å². The van der Waals surface area contributed by atoms with E-state index in [0.717, 1.165) is 31.5 Å². The van der Waals surface area contributed by atoms with Crippen molar-refractivity contribution in [1.29, 1.82) is 0 Å². The summed E-state index contributed by atoms with van der Waals surface area (Å²) in [5, 5.41) is 3.26. The van der Waals surface area contributed by atoms with Gasteiger partial charge < -0.3 is 5.32 Å². The quantitative estimate of drug-likeness (QED) is 0.827. The zero-order valence-electron chi connectivity index (χ0n) is 12.1. The first-order valence-corrected chi connectivity index (χ1v) is 8.00. The van der Waals surface area contributed by atoms with Gasteiger partial charge in [0.15, 0.2) is 0 Å². The number of carbonyl (C=O) groups is 1. The minimum absolute atomic E-state index is 0.0977. The molecule has 1 aliphatic heterocycles. The van der Waals surface area contributed by atoms with Crippen molar-refractivity contribution >= 4 is 11.7 Å². The molecule has 2 aliphatic rings. The van der Waals surface area contributed by atoms with E-state index in [2.05, 4.69) is 23.5 Å². The van der Waals surface area contributed by atoms with Crippen LogP contribution in [0, 0.1) is 0 Å². The number of benzene rings is 1. The second-order valence-corrected chi connectivity index (χ2v) is 6.02. The van der Waals surface area contributed by atoms with Crippen LogP contribution in [0.25, 0.3) is 0 Å². The van der Waals surface area contributed by atoms with E-state index in [1.165, 1.54) is 37.7 Å². The van der Waals surface area contributed by atoms with Crippen molar-refractivity contribution in [3.05, 3.63) is 29.8 Å². The molecule has 2 amide bonds. The van der Waals surface area contributed by atoms with Crippen molar-refractivity contribution in [2.24, 2.45) is 0 Å². The standard InChI is InChI=1S/C17H24N2O/c20-17(18-15-9-4-2-1-3-5-10-15)19-13-12-14-8-6-7-11-16(14)19/h6-8,11,15H,1-5,9-10,12-13H2,(H,18,20). The molecular weight excluding hydrogens is 248 g/mol. The summed E-state index contributed by atoms with van der Waals surface area (Å²) in [5.74, 6) is 0. The molecule has 0 radical (unpaired) electrons. The zero-order chi connectivity index (χ0) is 13.8. The summed E-state index contributed by atoms with van der Waals surface area (Å²) < 4.78 is 0. The minimum atomic E-state index is 0.0977. The van der Waals surface area contributed by atoms with Crippen LogP contribution in [0.3, 0.4) is 0 Å². The number of anilines is 1. The predicted molar refractivity (Wildman–Crippen MR) is 82.1 cm³/mol. The minimum Gasteiger partial charge on any atom is -0.335 e. The third-order valence-electron chi connectivity index (χ3n) is 4.57. The van der Waals surface area contributed by atoms with Gasteiger partial charge in [-0.3, -0.25) is 4.90 Å². The van der Waals surface area contributed by atoms with Crippen LogP contribution in [-0.2, 0) is 6.42 Å². The smallest absolute Gasteiger partial charge is 0.322 e. The van der Waals surface area contributed by atoms with Crippen LogP contribution in [-0.4, -0.2) is 18.6 Å². The molecule has 0 atom stereocenters. The normalized spacial score (nSPS) is 20.1. The summed E-state index contributed by atoms with van der Waals surface area (Å²) in [5.41, 5.74) is 2.39. The van der Waals surface area contributed by atoms with Crippen LogP contribution in [0.2, 0.25) is 0 Å². The topological polar surface area (TPSA) is 32.3 Å². The maximum Gasteiger partial charge on any atom is 0.322 e. The van der Waals surface area contributed by atoms with Gasteiger partial charge in [-0.2, -0.15) is 0 Å². The Bertz CT molecular complexity index is 464. The maximum absolute atomic E-state index is 12.5. The fourth-order valence-electron chi connectivity index (χ4n) is 3.40. The van der Waals surface area contributed by atoms with Gasteiger partial charge in [-0.25, -0.2) is 4.79 Å². The molecule has 3 nitrogen and oxygen atoms in total. The number of para-hydroxylation sites is 1. The van der Waals surface area contributed by atoms with Crippen LogP contribution in [0.4, 0.5) is 10.5 Å². The molecule has 1 N–H and O–H groups in total. The molecule has 3 heteroatoms. The molecule has 0 bridgehead atoms. The summed E-state index contributed by atoms with van der Waals surface area (Å²) >= 11 is 0. The van der Waals surface area contributed by atoms with Gasteiger partial charge >= 0.3 is 6.03 Å². The molecule has 1 heterocycles. The Morgan fingerprint density at radius 3 is 2.55 bits per heavy atom. The third kappa shape index (κ3) is 2.97. The Balaban J connectivity index is 1.62. The van der Waals surface area contributed by atoms with Gasteiger partial charge in [-0.05, 0) is 30.9 Å². The van der Waals surface area contributed by atoms with Crippen LogP contribution < -0.4 is 10.2 Å². The fourth-order valence-corrected chi connectivity index (χ4v) is 3.40. The number of urea groups is 1. The largest absolute Gasteiger partial charge is 0.335 e. The van der Waals surface area contributed by atoms with E-state index in [4.69, 9.17) is 0 Å². The Morgan fingerprint density at radius 2 is 1.75 bits per heavy atom. The van der Waals surface area contributed by atoms with Gasteiger partial charge in [0, 0.05) is 18.3 Å². The van der Waals surface area contributed by atoms with Gasteiger partial charge in [0.2, 0.25) is 0 Å². The van der Waals surface area contributed by atoms with E-state index in [1.807, 2.05) is 11.0 Å². The van der Waals surface area contributed by atoms with Crippen LogP contribution in [0.15, 0.2) is 24.3 Å². The Labute approximate surface area is 121 Å². The van der Waals surface area contributed by atoms with Gasteiger partial charge in [0.25, 0.3) is 0 Å². The molecule has 0 spiro atoms. The first kappa shape index (κ1) is 13.5. The molecule has 20 heavy (non-hydrogen) atoms. The van der Waals surface area contributed by atoms with Gasteiger partial charge in [-0.15, -0.1) is 0 Å². The SMILES string of the molecule is O=C(NC1CCCCCCC1)N1CCc2ccccc21. The molecule has 0 saturated heterocycles. The lowest BCUT2D eigenvalue weighted by Crippen LogP contribution is -2.44. The second kappa shape index (κ2) is 6.29. The lowest BCUT2D eigenvalue weighted by atomic mass is 9.97. The van der Waals surface area contributed by atoms with Gasteiger partial charge in [-0.1, -0.05) is 50.3 Å². The van der Waals surface area contributed by atoms with E-state index in [9.17, 15) is 4.79 Å². The van der Waals surface area contributed by atoms with Gasteiger partial charge in [0.05, 0.1) is 0 Å². The molecule has 108 valence electrons. The monoisotopic (exact) mass is 272 g/mol. The number of nitrogens with one attached hydrogen (secondary N) is 1. The van der Waals surface area contributed by atoms with Crippen molar-refractivity contribution in [2.75, 3.05) is 11.4 Å². The number of rotatable bonds is 1. The maximum atomic E-state index is 12.5. The number of hydrogen-bond acceptors (Lipinski definition) is 1. The van der Waals surface area contributed by atoms with E-state index in [0.29, 0.717) is 6.04 Å². The van der Waals surface area contributed by atoms with Crippen molar-refractivity contribution in [2.45, 2.75) is 57.4 Å². The summed E-state index contributed by atoms with van der Waals surface area (Å²) in [7, 11) is 0. The van der Waals surface area contributed by atoms with E-state index < -0.39 is 0 Å². The number of amides is 2. The Morgan fingerprint density at radius 1 is 1.05 bits per heavy atom. The molecule has 1 aliphatic carbocycles. The molecule has 3 rings (SSSR count). The predicted octanol–water partition coefficient (Wildman–Crippen LogP) is 3.87. The van der Waals surface area contributed by atoms with Crippen molar-refractivity contribution in [3.63, 3.8) is 0 Å². The van der Waals surface area contributed by atoms with E-state index >= 15 is 0 Å². The fraction of sp³-hybridized carbons (Fsp3) is 0.588. The number of hydrogen-bond donors (Lipinski definition) is 1. The number of nitrogens with zero attached hydrogens (tertiary/aromatic N) is 1. The molecule has 1 saturated carbocycles. The van der Waals surface area contributed by atoms with Gasteiger partial charge in [0.1, 0.15) is 0 Å². The van der Waals surface area contributed by atoms with E-state index in [1.54, 1.807) is 0 Å². The molecule has 0 aromatic heterocycles. The first-order chi connectivity index (χ1) is 9.84. The van der Waals surface area contributed by atoms with Crippen LogP contribution in [0.5, 0.6) is 0 Å². The molecule has 0 unspecified atom stereocenters. The first-order valence-electron chi connectivity index (χ1n) is 8.00. The van der Waals surface area contributed by atoms with Crippen LogP contribution in [0.1, 0.15) is 50.5 Å². The Kier molecular flexibility index (Phi) is 4.24. The molecular formula is C17H24N2O. The zero-order valence-corrected chi connectivity index (χ0v) is 12.1. The highest BCUT2D eigenvalue weighted by Crippen LogP contribution is 2.27. The number of fused-ring (bicyclic) bond motifs is 1. The lowest BCUT2D eigenvalue weighted by Gasteiger charge is -2.25. The number of carbonyl (C=O) groups excluding carboxylic acids is 1. The van der Waals surface area contributed by atoms with E-state index in [-0.39, 0.29) is 6.03 Å². The highest BCUT2D eigenvalue weighted by atomic mass is 16.2. The molecule has 1 aromatic carbocycles. The van der Waals surface area contributed by atoms with Crippen molar-refractivity contribution < 1.29 is 4.79 Å². The highest BCUT2D eigenvalue weighted by Gasteiger charge is 2.25. The average Bonchev–Trinajstić information content (AvgIpc) is 2.85. The Hall–Kier alpha value is -1.51. The van der Waals surface area contributed by atoms with Crippen LogP contribution >= 0.6 is 0 Å². The summed E-state index contributed by atoms with van der Waals surface area (Å²) in [6.45, 7) is 0.817. The second-order valence-electron chi connectivity index (χ2n) is 6.02. The summed E-state index contributed by atoms with van der Waals surface area (Å²) in [4.78, 5) is 14.4. The average molecular weight is 272 g/mol. The highest BCUT2D eigenvalue weighted by molar-refractivity contribution is 5.94. The summed E-state index contributed by atoms with van der Waals surface area (Å²) in [6, 6.07) is 8.71. The molecule has 1 fully saturated rings. The molecule has 1 aromatic rings. The lowest BCUT2D eigenvalue weighted by molar-refractivity contribution is 0.240.